The molecule has 1 unspecified atom stereocenters. The summed E-state index contributed by atoms with van der Waals surface area (Å²) >= 11 is 0. The van der Waals surface area contributed by atoms with Crippen molar-refractivity contribution in [3.8, 4) is 23.0 Å². The summed E-state index contributed by atoms with van der Waals surface area (Å²) in [6, 6.07) is 26.0. The number of aromatic nitrogens is 4. The van der Waals surface area contributed by atoms with Gasteiger partial charge in [0.25, 0.3) is 0 Å². The van der Waals surface area contributed by atoms with Crippen LogP contribution >= 0.6 is 0 Å². The van der Waals surface area contributed by atoms with Crippen LogP contribution in [0.5, 0.6) is 11.5 Å². The maximum absolute atomic E-state index is 6.78. The number of aryl methyl sites for hydroxylation is 2. The van der Waals surface area contributed by atoms with Gasteiger partial charge in [0.1, 0.15) is 17.3 Å². The van der Waals surface area contributed by atoms with Crippen LogP contribution in [0.2, 0.25) is 0 Å². The van der Waals surface area contributed by atoms with Crippen LogP contribution in [0.4, 0.5) is 0 Å². The van der Waals surface area contributed by atoms with E-state index in [4.69, 9.17) is 14.8 Å². The number of fused-ring (bicyclic) bond motifs is 3. The second-order valence-electron chi connectivity index (χ2n) is 16.4. The van der Waals surface area contributed by atoms with E-state index in [0.717, 1.165) is 52.6 Å². The van der Waals surface area contributed by atoms with Gasteiger partial charge >= 0.3 is 0 Å². The van der Waals surface area contributed by atoms with Crippen LogP contribution in [-0.4, -0.2) is 19.3 Å². The summed E-state index contributed by atoms with van der Waals surface area (Å²) in [5.74, 6) is 4.37. The molecule has 5 heteroatoms. The normalized spacial score (nSPS) is 18.2. The van der Waals surface area contributed by atoms with E-state index in [9.17, 15) is 0 Å². The predicted octanol–water partition coefficient (Wildman–Crippen LogP) is 12.6. The molecule has 0 radical (unpaired) electrons. The molecule has 5 nitrogen and oxygen atoms in total. The Morgan fingerprint density at radius 3 is 2.37 bits per heavy atom. The molecule has 0 spiro atoms. The van der Waals surface area contributed by atoms with Crippen LogP contribution in [0, 0.1) is 31.1 Å². The number of para-hydroxylation sites is 1. The Balaban J connectivity index is 1.29. The molecule has 0 N–H and O–H groups in total. The van der Waals surface area contributed by atoms with Crippen LogP contribution in [0.25, 0.3) is 33.3 Å². The summed E-state index contributed by atoms with van der Waals surface area (Å²) in [6.07, 6.45) is 7.79. The van der Waals surface area contributed by atoms with Gasteiger partial charge < -0.3 is 4.74 Å². The Morgan fingerprint density at radius 1 is 0.882 bits per heavy atom. The standard InChI is InChI=1S/C46H54N4O/c1-11-14-33-19-20-47-43(23-33)49-41-16-13-12-15-39(41)40-18-17-37(27-42(40)49)51-38-25-34(28(2)3)24-36(26-38)50-32(7)45(31(6)48-50)44-29(4)21-35(22-30(44)5)46(8,9)10/h12-13,15-21,23-28,30,35,44H,11,14,22H2,1-10H3/t30?,35-,44-/m0/s1. The van der Waals surface area contributed by atoms with E-state index in [-0.39, 0.29) is 5.41 Å². The number of rotatable bonds is 8. The number of ether oxygens (including phenoxy) is 1. The van der Waals surface area contributed by atoms with Gasteiger partial charge in [-0.2, -0.15) is 5.10 Å². The number of allylic oxidation sites excluding steroid dienone is 2. The van der Waals surface area contributed by atoms with E-state index in [0.29, 0.717) is 23.7 Å². The molecule has 0 saturated heterocycles. The van der Waals surface area contributed by atoms with E-state index < -0.39 is 0 Å². The highest BCUT2D eigenvalue weighted by molar-refractivity contribution is 6.09. The first-order valence-corrected chi connectivity index (χ1v) is 18.9. The van der Waals surface area contributed by atoms with Crippen LogP contribution in [0.1, 0.15) is 108 Å². The maximum Gasteiger partial charge on any atom is 0.137 e. The molecule has 3 aromatic heterocycles. The average molecular weight is 679 g/mol. The van der Waals surface area contributed by atoms with Crippen molar-refractivity contribution in [2.24, 2.45) is 17.3 Å². The summed E-state index contributed by atoms with van der Waals surface area (Å²) in [5.41, 5.74) is 11.2. The fraction of sp³-hybridized carbons (Fsp3) is 0.391. The van der Waals surface area contributed by atoms with E-state index in [1.54, 1.807) is 0 Å². The van der Waals surface area contributed by atoms with E-state index in [1.807, 2.05) is 6.20 Å². The fourth-order valence-corrected chi connectivity index (χ4v) is 8.49. The molecule has 6 aromatic rings. The summed E-state index contributed by atoms with van der Waals surface area (Å²) < 4.78 is 11.2. The van der Waals surface area contributed by atoms with Gasteiger partial charge in [0.05, 0.1) is 22.4 Å². The second-order valence-corrected chi connectivity index (χ2v) is 16.4. The highest BCUT2D eigenvalue weighted by Crippen LogP contribution is 2.47. The van der Waals surface area contributed by atoms with Gasteiger partial charge in [0.15, 0.2) is 0 Å². The minimum Gasteiger partial charge on any atom is -0.457 e. The quantitative estimate of drug-likeness (QED) is 0.151. The van der Waals surface area contributed by atoms with Crippen molar-refractivity contribution in [2.45, 2.75) is 100 Å². The van der Waals surface area contributed by atoms with E-state index in [1.165, 1.54) is 45.2 Å². The number of benzene rings is 3. The van der Waals surface area contributed by atoms with Crippen molar-refractivity contribution in [1.82, 2.24) is 19.3 Å². The lowest BCUT2D eigenvalue weighted by Crippen LogP contribution is -2.28. The first kappa shape index (κ1) is 34.8. The zero-order chi connectivity index (χ0) is 36.2. The van der Waals surface area contributed by atoms with Crippen molar-refractivity contribution in [3.05, 3.63) is 119 Å². The van der Waals surface area contributed by atoms with Crippen molar-refractivity contribution in [2.75, 3.05) is 0 Å². The second kappa shape index (κ2) is 13.5. The molecule has 51 heavy (non-hydrogen) atoms. The SMILES string of the molecule is CCCc1ccnc(-n2c3ccccc3c3ccc(Oc4cc(C(C)C)cc(-n5nc(C)c([C@H]6C(C)=C[C@H](C(C)(C)C)CC6C)c5C)c4)cc32)c1. The Kier molecular flexibility index (Phi) is 9.20. The van der Waals surface area contributed by atoms with Gasteiger partial charge in [-0.25, -0.2) is 9.67 Å². The predicted molar refractivity (Wildman–Crippen MR) is 213 cm³/mol. The summed E-state index contributed by atoms with van der Waals surface area (Å²) in [6.45, 7) is 23.0. The van der Waals surface area contributed by atoms with Gasteiger partial charge in [0, 0.05) is 46.3 Å². The lowest BCUT2D eigenvalue weighted by molar-refractivity contribution is 0.224. The molecule has 3 heterocycles. The van der Waals surface area contributed by atoms with E-state index in [2.05, 4.69) is 157 Å². The lowest BCUT2D eigenvalue weighted by Gasteiger charge is -2.39. The largest absolute Gasteiger partial charge is 0.457 e. The van der Waals surface area contributed by atoms with Crippen LogP contribution in [-0.2, 0) is 6.42 Å². The number of hydrogen-bond donors (Lipinski definition) is 0. The minimum atomic E-state index is 0.264. The monoisotopic (exact) mass is 678 g/mol. The molecule has 0 fully saturated rings. The zero-order valence-electron chi connectivity index (χ0n) is 32.2. The number of pyridine rings is 1. The average Bonchev–Trinajstić information content (AvgIpc) is 3.57. The van der Waals surface area contributed by atoms with Crippen LogP contribution in [0.3, 0.4) is 0 Å². The third-order valence-electron chi connectivity index (χ3n) is 11.2. The molecule has 0 amide bonds. The third-order valence-corrected chi connectivity index (χ3v) is 11.2. The lowest BCUT2D eigenvalue weighted by atomic mass is 9.65. The van der Waals surface area contributed by atoms with Gasteiger partial charge in [0.2, 0.25) is 0 Å². The third kappa shape index (κ3) is 6.52. The Labute approximate surface area is 304 Å². The zero-order valence-corrected chi connectivity index (χ0v) is 32.2. The Hall–Kier alpha value is -4.64. The highest BCUT2D eigenvalue weighted by Gasteiger charge is 2.36. The summed E-state index contributed by atoms with van der Waals surface area (Å²) in [4.78, 5) is 4.84. The first-order chi connectivity index (χ1) is 24.3. The molecule has 0 aliphatic heterocycles. The molecule has 7 rings (SSSR count). The number of hydrogen-bond acceptors (Lipinski definition) is 3. The molecule has 0 saturated carbocycles. The van der Waals surface area contributed by atoms with E-state index >= 15 is 0 Å². The Morgan fingerprint density at radius 2 is 1.65 bits per heavy atom. The summed E-state index contributed by atoms with van der Waals surface area (Å²) in [5, 5.41) is 7.58. The highest BCUT2D eigenvalue weighted by atomic mass is 16.5. The van der Waals surface area contributed by atoms with Crippen molar-refractivity contribution >= 4 is 21.8 Å². The molecular weight excluding hydrogens is 625 g/mol. The van der Waals surface area contributed by atoms with Gasteiger partial charge in [-0.15, -0.1) is 0 Å². The van der Waals surface area contributed by atoms with Gasteiger partial charge in [-0.1, -0.05) is 84.7 Å². The first-order valence-electron chi connectivity index (χ1n) is 18.9. The van der Waals surface area contributed by atoms with Gasteiger partial charge in [-0.05, 0) is 110 Å². The molecule has 1 aliphatic rings. The van der Waals surface area contributed by atoms with Gasteiger partial charge in [-0.3, -0.25) is 4.57 Å². The van der Waals surface area contributed by atoms with Crippen molar-refractivity contribution < 1.29 is 4.74 Å². The summed E-state index contributed by atoms with van der Waals surface area (Å²) in [7, 11) is 0. The van der Waals surface area contributed by atoms with Crippen molar-refractivity contribution in [1.29, 1.82) is 0 Å². The van der Waals surface area contributed by atoms with Crippen LogP contribution in [0.15, 0.2) is 90.6 Å². The minimum absolute atomic E-state index is 0.264. The maximum atomic E-state index is 6.78. The fourth-order valence-electron chi connectivity index (χ4n) is 8.49. The molecule has 3 atom stereocenters. The molecule has 0 bridgehead atoms. The smallest absolute Gasteiger partial charge is 0.137 e. The molecule has 3 aromatic carbocycles. The Bertz CT molecular complexity index is 2260. The molecule has 264 valence electrons. The molecular formula is C46H54N4O. The topological polar surface area (TPSA) is 44.9 Å². The molecule has 1 aliphatic carbocycles. The van der Waals surface area contributed by atoms with Crippen molar-refractivity contribution in [3.63, 3.8) is 0 Å². The van der Waals surface area contributed by atoms with Crippen LogP contribution < -0.4 is 4.74 Å². The number of nitrogens with zero attached hydrogens (tertiary/aromatic N) is 4.